The molecule has 3 nitrogen and oxygen atoms in total. The summed E-state index contributed by atoms with van der Waals surface area (Å²) in [5.41, 5.74) is 10.2. The van der Waals surface area contributed by atoms with E-state index in [-0.39, 0.29) is 5.54 Å². The topological polar surface area (TPSA) is 21.3 Å². The average Bonchev–Trinajstić information content (AvgIpc) is 3.75. The molecule has 2 atom stereocenters. The minimum atomic E-state index is -1.32. The van der Waals surface area contributed by atoms with Crippen molar-refractivity contribution in [2.45, 2.75) is 37.9 Å². The largest absolute Gasteiger partial charge is 0.454 e. The molecule has 2 aliphatic carbocycles. The van der Waals surface area contributed by atoms with Crippen molar-refractivity contribution in [1.29, 1.82) is 0 Å². The van der Waals surface area contributed by atoms with Crippen molar-refractivity contribution in [2.75, 3.05) is 4.90 Å². The van der Waals surface area contributed by atoms with Gasteiger partial charge in [0.05, 0.1) is 22.3 Å². The van der Waals surface area contributed by atoms with Crippen LogP contribution in [0.5, 0.6) is 0 Å². The SMILES string of the molecule is CC1(F)C=CC(n2c3ccccc3c3cc(-c4ccc(N(c5cccc6c5oc5ccccc56)C5(C)C=CC(c6ccccc6)=CC5)cc4)ccc32)=CC1. The number of rotatable bonds is 6. The molecule has 0 saturated carbocycles. The molecule has 0 bridgehead atoms. The lowest BCUT2D eigenvalue weighted by Crippen LogP contribution is -2.42. The van der Waals surface area contributed by atoms with E-state index in [2.05, 4.69) is 162 Å². The summed E-state index contributed by atoms with van der Waals surface area (Å²) in [6, 6.07) is 49.5. The fourth-order valence-electron chi connectivity index (χ4n) is 8.45. The minimum Gasteiger partial charge on any atom is -0.454 e. The van der Waals surface area contributed by atoms with E-state index in [1.54, 1.807) is 13.0 Å². The Kier molecular flexibility index (Phi) is 7.38. The van der Waals surface area contributed by atoms with E-state index in [1.165, 1.54) is 21.9 Å². The van der Waals surface area contributed by atoms with Gasteiger partial charge >= 0.3 is 0 Å². The number of allylic oxidation sites excluding steroid dienone is 6. The predicted octanol–water partition coefficient (Wildman–Crippen LogP) is 13.8. The zero-order valence-electron chi connectivity index (χ0n) is 30.3. The van der Waals surface area contributed by atoms with Gasteiger partial charge in [0, 0.05) is 39.4 Å². The van der Waals surface area contributed by atoms with Gasteiger partial charge < -0.3 is 13.9 Å². The second-order valence-corrected chi connectivity index (χ2v) is 15.1. The third kappa shape index (κ3) is 5.32. The first-order valence-electron chi connectivity index (χ1n) is 18.7. The van der Waals surface area contributed by atoms with Crippen LogP contribution in [0, 0.1) is 0 Å². The van der Waals surface area contributed by atoms with Crippen molar-refractivity contribution in [3.05, 3.63) is 182 Å². The lowest BCUT2D eigenvalue weighted by Gasteiger charge is -2.42. The van der Waals surface area contributed by atoms with Gasteiger partial charge in [0.2, 0.25) is 0 Å². The number of alkyl halides is 1. The van der Waals surface area contributed by atoms with Crippen LogP contribution in [0.25, 0.3) is 66.1 Å². The Morgan fingerprint density at radius 3 is 2.09 bits per heavy atom. The van der Waals surface area contributed by atoms with E-state index < -0.39 is 5.67 Å². The zero-order chi connectivity index (χ0) is 36.4. The second-order valence-electron chi connectivity index (χ2n) is 15.1. The fraction of sp³-hybridized carbons (Fsp3) is 0.120. The molecule has 2 aliphatic rings. The highest BCUT2D eigenvalue weighted by Gasteiger charge is 2.34. The molecule has 0 saturated heterocycles. The maximum Gasteiger partial charge on any atom is 0.159 e. The van der Waals surface area contributed by atoms with Crippen LogP contribution in [0.3, 0.4) is 0 Å². The van der Waals surface area contributed by atoms with Crippen molar-refractivity contribution < 1.29 is 8.81 Å². The van der Waals surface area contributed by atoms with Gasteiger partial charge in [0.1, 0.15) is 11.3 Å². The summed E-state index contributed by atoms with van der Waals surface area (Å²) in [5.74, 6) is 0. The van der Waals surface area contributed by atoms with E-state index in [4.69, 9.17) is 4.42 Å². The number of hydrogen-bond donors (Lipinski definition) is 0. The number of benzene rings is 6. The summed E-state index contributed by atoms with van der Waals surface area (Å²) in [5, 5.41) is 4.58. The highest BCUT2D eigenvalue weighted by molar-refractivity contribution is 6.12. The third-order valence-electron chi connectivity index (χ3n) is 11.3. The Labute approximate surface area is 314 Å². The van der Waals surface area contributed by atoms with Gasteiger partial charge in [0.25, 0.3) is 0 Å². The van der Waals surface area contributed by atoms with Gasteiger partial charge in [-0.3, -0.25) is 0 Å². The molecule has 2 aromatic heterocycles. The van der Waals surface area contributed by atoms with Crippen LogP contribution >= 0.6 is 0 Å². The van der Waals surface area contributed by atoms with E-state index >= 15 is 0 Å². The van der Waals surface area contributed by atoms with Crippen LogP contribution in [-0.2, 0) is 0 Å². The molecule has 6 aromatic carbocycles. The van der Waals surface area contributed by atoms with Gasteiger partial charge in [0.15, 0.2) is 5.58 Å². The molecule has 4 heteroatoms. The third-order valence-corrected chi connectivity index (χ3v) is 11.3. The van der Waals surface area contributed by atoms with Crippen molar-refractivity contribution >= 4 is 66.4 Å². The smallest absolute Gasteiger partial charge is 0.159 e. The van der Waals surface area contributed by atoms with Gasteiger partial charge in [-0.15, -0.1) is 0 Å². The molecule has 0 radical (unpaired) electrons. The maximum absolute atomic E-state index is 14.7. The number of aromatic nitrogens is 1. The predicted molar refractivity (Wildman–Crippen MR) is 225 cm³/mol. The van der Waals surface area contributed by atoms with Crippen molar-refractivity contribution in [1.82, 2.24) is 4.57 Å². The van der Waals surface area contributed by atoms with Crippen LogP contribution in [0.1, 0.15) is 32.3 Å². The molecule has 0 aliphatic heterocycles. The zero-order valence-corrected chi connectivity index (χ0v) is 30.3. The van der Waals surface area contributed by atoms with Crippen LogP contribution in [0.4, 0.5) is 15.8 Å². The summed E-state index contributed by atoms with van der Waals surface area (Å²) in [6.07, 6.45) is 13.8. The summed E-state index contributed by atoms with van der Waals surface area (Å²) in [6.45, 7) is 3.94. The second kappa shape index (κ2) is 12.3. The summed E-state index contributed by atoms with van der Waals surface area (Å²) >= 11 is 0. The number of fused-ring (bicyclic) bond motifs is 6. The highest BCUT2D eigenvalue weighted by atomic mass is 19.1. The van der Waals surface area contributed by atoms with Crippen molar-refractivity contribution in [3.8, 4) is 11.1 Å². The number of anilines is 2. The molecule has 0 N–H and O–H groups in total. The van der Waals surface area contributed by atoms with E-state index in [9.17, 15) is 4.39 Å². The fourth-order valence-corrected chi connectivity index (χ4v) is 8.45. The van der Waals surface area contributed by atoms with Crippen LogP contribution in [0.15, 0.2) is 180 Å². The molecule has 8 aromatic rings. The van der Waals surface area contributed by atoms with Crippen LogP contribution in [-0.4, -0.2) is 15.8 Å². The number of para-hydroxylation sites is 3. The lowest BCUT2D eigenvalue weighted by atomic mass is 9.85. The van der Waals surface area contributed by atoms with Crippen molar-refractivity contribution in [2.24, 2.45) is 0 Å². The molecule has 2 heterocycles. The molecule has 0 spiro atoms. The number of hydrogen-bond acceptors (Lipinski definition) is 2. The minimum absolute atomic E-state index is 0.360. The number of halogens is 1. The van der Waals surface area contributed by atoms with Crippen LogP contribution in [0.2, 0.25) is 0 Å². The quantitative estimate of drug-likeness (QED) is 0.172. The Hall–Kier alpha value is -6.39. The molecular weight excluding hydrogens is 664 g/mol. The number of furan rings is 1. The molecule has 0 amide bonds. The Balaban J connectivity index is 1.07. The molecule has 0 fully saturated rings. The van der Waals surface area contributed by atoms with Gasteiger partial charge in [-0.1, -0.05) is 121 Å². The Morgan fingerprint density at radius 2 is 1.31 bits per heavy atom. The average molecular weight is 703 g/mol. The lowest BCUT2D eigenvalue weighted by molar-refractivity contribution is 0.260. The highest BCUT2D eigenvalue weighted by Crippen LogP contribution is 2.45. The first-order valence-corrected chi connectivity index (χ1v) is 18.7. The summed E-state index contributed by atoms with van der Waals surface area (Å²) in [7, 11) is 0. The van der Waals surface area contributed by atoms with E-state index in [1.807, 2.05) is 24.3 Å². The van der Waals surface area contributed by atoms with Gasteiger partial charge in [-0.05, 0) is 97.1 Å². The first kappa shape index (κ1) is 32.3. The molecule has 262 valence electrons. The van der Waals surface area contributed by atoms with Gasteiger partial charge in [-0.2, -0.15) is 0 Å². The van der Waals surface area contributed by atoms with Gasteiger partial charge in [-0.25, -0.2) is 4.39 Å². The normalized spacial score (nSPS) is 19.8. The van der Waals surface area contributed by atoms with E-state index in [0.29, 0.717) is 6.42 Å². The first-order chi connectivity index (χ1) is 26.4. The molecule has 10 rings (SSSR count). The standard InChI is InChI=1S/C50H39FN2O/c1-49(51)29-27-38(28-30-49)52-44-16-8-6-13-40(44)43-33-37(21-24-45(43)52)35-19-22-39(23-20-35)53(50(2)31-25-36(26-32-50)34-11-4-3-5-12-34)46-17-10-15-42-41-14-7-9-18-47(41)54-48(42)46/h3-29,31,33H,30,32H2,1-2H3. The Morgan fingerprint density at radius 1 is 0.593 bits per heavy atom. The van der Waals surface area contributed by atoms with Crippen LogP contribution < -0.4 is 4.90 Å². The molecule has 2 unspecified atom stereocenters. The summed E-state index contributed by atoms with van der Waals surface area (Å²) in [4.78, 5) is 2.45. The van der Waals surface area contributed by atoms with E-state index in [0.717, 1.165) is 67.6 Å². The molecular formula is C50H39FN2O. The monoisotopic (exact) mass is 702 g/mol. The molecule has 54 heavy (non-hydrogen) atoms. The summed E-state index contributed by atoms with van der Waals surface area (Å²) < 4.78 is 23.6. The number of nitrogens with zero attached hydrogens (tertiary/aromatic N) is 2. The Bertz CT molecular complexity index is 2870. The van der Waals surface area contributed by atoms with Crippen molar-refractivity contribution in [3.63, 3.8) is 0 Å². The maximum atomic E-state index is 14.7.